The van der Waals surface area contributed by atoms with Crippen molar-refractivity contribution in [3.63, 3.8) is 0 Å². The summed E-state index contributed by atoms with van der Waals surface area (Å²) in [5, 5.41) is 8.80. The summed E-state index contributed by atoms with van der Waals surface area (Å²) in [5.41, 5.74) is 0.904. The highest BCUT2D eigenvalue weighted by molar-refractivity contribution is 5.69. The van der Waals surface area contributed by atoms with E-state index in [0.29, 0.717) is 13.1 Å². The van der Waals surface area contributed by atoms with Gasteiger partial charge in [-0.2, -0.15) is 8.78 Å². The number of alkyl halides is 2. The van der Waals surface area contributed by atoms with Gasteiger partial charge in [-0.3, -0.25) is 4.79 Å². The average Bonchev–Trinajstić information content (AvgIpc) is 2.30. The molecule has 1 N–H and O–H groups in total. The first-order valence-electron chi connectivity index (χ1n) is 5.83. The van der Waals surface area contributed by atoms with Crippen molar-refractivity contribution in [1.82, 2.24) is 4.90 Å². The summed E-state index contributed by atoms with van der Waals surface area (Å²) in [6.45, 7) is -0.222. The Balaban J connectivity index is 2.50. The van der Waals surface area contributed by atoms with Crippen molar-refractivity contribution in [3.8, 4) is 5.75 Å². The topological polar surface area (TPSA) is 49.8 Å². The molecule has 1 rings (SSSR count). The number of carboxylic acids is 1. The van der Waals surface area contributed by atoms with Gasteiger partial charge in [0.15, 0.2) is 0 Å². The SMILES string of the molecule is CC(CN(C)Cc1ccc(OC(F)F)cc1)C(=O)O. The van der Waals surface area contributed by atoms with Gasteiger partial charge in [0.1, 0.15) is 5.75 Å². The second kappa shape index (κ2) is 7.04. The van der Waals surface area contributed by atoms with E-state index in [1.807, 2.05) is 11.9 Å². The predicted octanol–water partition coefficient (Wildman–Crippen LogP) is 2.44. The van der Waals surface area contributed by atoms with Gasteiger partial charge < -0.3 is 14.7 Å². The van der Waals surface area contributed by atoms with Crippen molar-refractivity contribution in [2.45, 2.75) is 20.1 Å². The molecule has 0 saturated heterocycles. The van der Waals surface area contributed by atoms with Crippen molar-refractivity contribution in [3.05, 3.63) is 29.8 Å². The lowest BCUT2D eigenvalue weighted by Crippen LogP contribution is -2.28. The zero-order valence-electron chi connectivity index (χ0n) is 10.8. The number of hydrogen-bond acceptors (Lipinski definition) is 3. The third-order valence-corrected chi connectivity index (χ3v) is 2.61. The lowest BCUT2D eigenvalue weighted by atomic mass is 10.1. The Morgan fingerprint density at radius 1 is 1.37 bits per heavy atom. The minimum absolute atomic E-state index is 0.111. The zero-order valence-corrected chi connectivity index (χ0v) is 10.8. The van der Waals surface area contributed by atoms with Crippen molar-refractivity contribution in [2.24, 2.45) is 5.92 Å². The van der Waals surface area contributed by atoms with E-state index in [0.717, 1.165) is 5.56 Å². The molecular formula is C13H17F2NO3. The Morgan fingerprint density at radius 2 is 1.95 bits per heavy atom. The number of ether oxygens (including phenoxy) is 1. The summed E-state index contributed by atoms with van der Waals surface area (Å²) in [6, 6.07) is 6.30. The second-order valence-electron chi connectivity index (χ2n) is 4.46. The van der Waals surface area contributed by atoms with Crippen LogP contribution in [0.25, 0.3) is 0 Å². The second-order valence-corrected chi connectivity index (χ2v) is 4.46. The van der Waals surface area contributed by atoms with Crippen molar-refractivity contribution in [2.75, 3.05) is 13.6 Å². The Kier molecular flexibility index (Phi) is 5.69. The first-order valence-corrected chi connectivity index (χ1v) is 5.83. The molecule has 106 valence electrons. The molecule has 0 spiro atoms. The van der Waals surface area contributed by atoms with Gasteiger partial charge in [-0.15, -0.1) is 0 Å². The third kappa shape index (κ3) is 5.65. The predicted molar refractivity (Wildman–Crippen MR) is 66.2 cm³/mol. The van der Waals surface area contributed by atoms with E-state index in [9.17, 15) is 13.6 Å². The first-order chi connectivity index (χ1) is 8.88. The molecule has 0 aliphatic rings. The highest BCUT2D eigenvalue weighted by atomic mass is 19.3. The molecule has 0 aromatic heterocycles. The number of hydrogen-bond donors (Lipinski definition) is 1. The van der Waals surface area contributed by atoms with Gasteiger partial charge in [0.25, 0.3) is 0 Å². The van der Waals surface area contributed by atoms with Crippen LogP contribution in [0.15, 0.2) is 24.3 Å². The van der Waals surface area contributed by atoms with Gasteiger partial charge in [-0.1, -0.05) is 19.1 Å². The van der Waals surface area contributed by atoms with E-state index >= 15 is 0 Å². The number of nitrogens with zero attached hydrogens (tertiary/aromatic N) is 1. The standard InChI is InChI=1S/C13H17F2NO3/c1-9(12(17)18)7-16(2)8-10-3-5-11(6-4-10)19-13(14)15/h3-6,9,13H,7-8H2,1-2H3,(H,17,18). The molecule has 19 heavy (non-hydrogen) atoms. The average molecular weight is 273 g/mol. The fourth-order valence-corrected chi connectivity index (χ4v) is 1.70. The lowest BCUT2D eigenvalue weighted by molar-refractivity contribution is -0.141. The van der Waals surface area contributed by atoms with Crippen molar-refractivity contribution in [1.29, 1.82) is 0 Å². The molecular weight excluding hydrogens is 256 g/mol. The fourth-order valence-electron chi connectivity index (χ4n) is 1.70. The molecule has 1 aromatic carbocycles. The molecule has 0 radical (unpaired) electrons. The molecule has 1 atom stereocenters. The summed E-state index contributed by atoms with van der Waals surface area (Å²) < 4.78 is 28.2. The van der Waals surface area contributed by atoms with Gasteiger partial charge in [0.05, 0.1) is 5.92 Å². The van der Waals surface area contributed by atoms with E-state index in [1.165, 1.54) is 12.1 Å². The van der Waals surface area contributed by atoms with Gasteiger partial charge in [0.2, 0.25) is 0 Å². The van der Waals surface area contributed by atoms with Crippen LogP contribution in [0.4, 0.5) is 8.78 Å². The maximum atomic E-state index is 12.0. The minimum Gasteiger partial charge on any atom is -0.481 e. The van der Waals surface area contributed by atoms with Crippen LogP contribution in [0.5, 0.6) is 5.75 Å². The molecule has 1 aromatic rings. The van der Waals surface area contributed by atoms with Crippen LogP contribution in [0, 0.1) is 5.92 Å². The van der Waals surface area contributed by atoms with Gasteiger partial charge >= 0.3 is 12.6 Å². The molecule has 0 saturated carbocycles. The lowest BCUT2D eigenvalue weighted by Gasteiger charge is -2.19. The third-order valence-electron chi connectivity index (χ3n) is 2.61. The fraction of sp³-hybridized carbons (Fsp3) is 0.462. The normalized spacial score (nSPS) is 12.7. The van der Waals surface area contributed by atoms with E-state index in [2.05, 4.69) is 4.74 Å². The molecule has 4 nitrogen and oxygen atoms in total. The van der Waals surface area contributed by atoms with Crippen LogP contribution in [0.1, 0.15) is 12.5 Å². The maximum Gasteiger partial charge on any atom is 0.387 e. The Labute approximate surface area is 110 Å². The van der Waals surface area contributed by atoms with Crippen LogP contribution >= 0.6 is 0 Å². The number of rotatable bonds is 7. The Bertz CT molecular complexity index is 409. The summed E-state index contributed by atoms with van der Waals surface area (Å²) in [4.78, 5) is 12.6. The van der Waals surface area contributed by atoms with Crippen LogP contribution in [0.3, 0.4) is 0 Å². The van der Waals surface area contributed by atoms with E-state index in [1.54, 1.807) is 19.1 Å². The summed E-state index contributed by atoms with van der Waals surface area (Å²) in [5.74, 6) is -1.18. The number of benzene rings is 1. The zero-order chi connectivity index (χ0) is 14.4. The van der Waals surface area contributed by atoms with Gasteiger partial charge in [-0.05, 0) is 24.7 Å². The van der Waals surface area contributed by atoms with Crippen LogP contribution < -0.4 is 4.74 Å². The highest BCUT2D eigenvalue weighted by Gasteiger charge is 2.13. The van der Waals surface area contributed by atoms with Crippen molar-refractivity contribution >= 4 is 5.97 Å². The molecule has 0 aliphatic carbocycles. The minimum atomic E-state index is -2.83. The molecule has 0 fully saturated rings. The summed E-state index contributed by atoms with van der Waals surface area (Å²) in [6.07, 6.45) is 0. The van der Waals surface area contributed by atoms with E-state index in [4.69, 9.17) is 5.11 Å². The molecule has 0 aliphatic heterocycles. The smallest absolute Gasteiger partial charge is 0.387 e. The quantitative estimate of drug-likeness (QED) is 0.829. The monoisotopic (exact) mass is 273 g/mol. The van der Waals surface area contributed by atoms with E-state index < -0.39 is 18.5 Å². The maximum absolute atomic E-state index is 12.0. The molecule has 6 heteroatoms. The van der Waals surface area contributed by atoms with Crippen LogP contribution in [-0.4, -0.2) is 36.2 Å². The molecule has 0 amide bonds. The Morgan fingerprint density at radius 3 is 2.42 bits per heavy atom. The number of aliphatic carboxylic acids is 1. The molecule has 0 bridgehead atoms. The van der Waals surface area contributed by atoms with Crippen LogP contribution in [-0.2, 0) is 11.3 Å². The first kappa shape index (κ1) is 15.4. The van der Waals surface area contributed by atoms with Crippen LogP contribution in [0.2, 0.25) is 0 Å². The van der Waals surface area contributed by atoms with Gasteiger partial charge in [0, 0.05) is 13.1 Å². The number of halogens is 2. The molecule has 0 heterocycles. The van der Waals surface area contributed by atoms with Gasteiger partial charge in [-0.25, -0.2) is 0 Å². The highest BCUT2D eigenvalue weighted by Crippen LogP contribution is 2.16. The summed E-state index contributed by atoms with van der Waals surface area (Å²) in [7, 11) is 1.81. The van der Waals surface area contributed by atoms with E-state index in [-0.39, 0.29) is 5.75 Å². The Hall–Kier alpha value is -1.69. The van der Waals surface area contributed by atoms with Crippen molar-refractivity contribution < 1.29 is 23.4 Å². The number of carbonyl (C=O) groups is 1. The largest absolute Gasteiger partial charge is 0.481 e. The molecule has 1 unspecified atom stereocenters. The summed E-state index contributed by atoms with van der Waals surface area (Å²) >= 11 is 0. The number of carboxylic acid groups (broad SMARTS) is 1.